The van der Waals surface area contributed by atoms with Crippen LogP contribution in [-0.2, 0) is 10.2 Å². The fourth-order valence-corrected chi connectivity index (χ4v) is 4.45. The molecule has 7 heteroatoms. The molecule has 0 radical (unpaired) electrons. The fourth-order valence-electron chi connectivity index (χ4n) is 4.45. The third-order valence-corrected chi connectivity index (χ3v) is 5.63. The second-order valence-electron chi connectivity index (χ2n) is 6.91. The predicted octanol–water partition coefficient (Wildman–Crippen LogP) is 4.41. The monoisotopic (exact) mass is 361 g/mol. The quantitative estimate of drug-likeness (QED) is 0.848. The minimum absolute atomic E-state index is 0.224. The first-order chi connectivity index (χ1) is 12.4. The molecule has 26 heavy (non-hydrogen) atoms. The minimum atomic E-state index is -4.40. The summed E-state index contributed by atoms with van der Waals surface area (Å²) in [4.78, 5) is 12.9. The van der Waals surface area contributed by atoms with Crippen LogP contribution in [0.4, 0.5) is 13.2 Å². The highest BCUT2D eigenvalue weighted by Gasteiger charge is 2.54. The SMILES string of the molecule is CC[C@]1(c2ccccc2)C2=CN=NC2NC2=C1C(=O)C[C@H](C(F)(F)F)C2. The van der Waals surface area contributed by atoms with Gasteiger partial charge in [0.15, 0.2) is 11.9 Å². The molecule has 3 atom stereocenters. The van der Waals surface area contributed by atoms with E-state index < -0.39 is 35.9 Å². The van der Waals surface area contributed by atoms with Crippen LogP contribution in [-0.4, -0.2) is 18.1 Å². The van der Waals surface area contributed by atoms with E-state index >= 15 is 0 Å². The van der Waals surface area contributed by atoms with Crippen molar-refractivity contribution in [2.45, 2.75) is 43.9 Å². The number of halogens is 3. The van der Waals surface area contributed by atoms with Crippen molar-refractivity contribution in [1.29, 1.82) is 0 Å². The molecule has 3 aliphatic rings. The number of fused-ring (bicyclic) bond motifs is 1. The van der Waals surface area contributed by atoms with Crippen molar-refractivity contribution in [3.8, 4) is 0 Å². The molecule has 4 rings (SSSR count). The standard InChI is InChI=1S/C19H18F3N3O/c1-2-18(11-6-4-3-5-7-11)13-10-23-25-17(13)24-14-8-12(19(20,21)22)9-15(26)16(14)18/h3-7,10,12,17,24H,2,8-9H2,1H3/t12-,17?,18+/m1/s1. The molecule has 1 aromatic rings. The van der Waals surface area contributed by atoms with Gasteiger partial charge in [-0.25, -0.2) is 0 Å². The zero-order chi connectivity index (χ0) is 18.5. The molecule has 1 N–H and O–H groups in total. The molecular weight excluding hydrogens is 343 g/mol. The van der Waals surface area contributed by atoms with Crippen LogP contribution in [0.1, 0.15) is 31.7 Å². The Morgan fingerprint density at radius 2 is 1.96 bits per heavy atom. The number of hydrogen-bond acceptors (Lipinski definition) is 4. The van der Waals surface area contributed by atoms with Gasteiger partial charge in [-0.05, 0) is 18.4 Å². The number of alkyl halides is 3. The number of Topliss-reactive ketones (excluding diaryl/α,β-unsaturated/α-hetero) is 1. The van der Waals surface area contributed by atoms with Crippen molar-refractivity contribution < 1.29 is 18.0 Å². The number of hydrogen-bond donors (Lipinski definition) is 1. The van der Waals surface area contributed by atoms with Crippen molar-refractivity contribution in [3.05, 3.63) is 58.9 Å². The second-order valence-corrected chi connectivity index (χ2v) is 6.91. The Kier molecular flexibility index (Phi) is 3.78. The summed E-state index contributed by atoms with van der Waals surface area (Å²) in [6.07, 6.45) is -3.46. The van der Waals surface area contributed by atoms with Gasteiger partial charge in [0.25, 0.3) is 0 Å². The number of allylic oxidation sites excluding steroid dienone is 2. The summed E-state index contributed by atoms with van der Waals surface area (Å²) in [5.74, 6) is -2.10. The molecular formula is C19H18F3N3O. The van der Waals surface area contributed by atoms with Gasteiger partial charge in [-0.15, -0.1) is 0 Å². The van der Waals surface area contributed by atoms with E-state index in [9.17, 15) is 18.0 Å². The Bertz CT molecular complexity index is 841. The Hall–Kier alpha value is -2.44. The summed E-state index contributed by atoms with van der Waals surface area (Å²) in [6.45, 7) is 1.95. The molecule has 0 fully saturated rings. The number of ketones is 1. The number of carbonyl (C=O) groups excluding carboxylic acids is 1. The first-order valence-corrected chi connectivity index (χ1v) is 8.64. The molecule has 0 saturated carbocycles. The molecule has 1 aliphatic carbocycles. The number of nitrogens with one attached hydrogen (secondary N) is 1. The lowest BCUT2D eigenvalue weighted by Crippen LogP contribution is -2.51. The lowest BCUT2D eigenvalue weighted by atomic mass is 9.60. The molecule has 0 amide bonds. The lowest BCUT2D eigenvalue weighted by molar-refractivity contribution is -0.179. The molecule has 0 saturated heterocycles. The molecule has 2 heterocycles. The third-order valence-electron chi connectivity index (χ3n) is 5.63. The van der Waals surface area contributed by atoms with E-state index in [1.165, 1.54) is 0 Å². The van der Waals surface area contributed by atoms with Gasteiger partial charge in [-0.1, -0.05) is 37.3 Å². The Morgan fingerprint density at radius 1 is 1.23 bits per heavy atom. The summed E-state index contributed by atoms with van der Waals surface area (Å²) >= 11 is 0. The highest BCUT2D eigenvalue weighted by Crippen LogP contribution is 2.53. The predicted molar refractivity (Wildman–Crippen MR) is 89.1 cm³/mol. The van der Waals surface area contributed by atoms with Crippen molar-refractivity contribution >= 4 is 5.78 Å². The molecule has 1 aromatic carbocycles. The van der Waals surface area contributed by atoms with E-state index in [2.05, 4.69) is 15.5 Å². The van der Waals surface area contributed by atoms with Crippen LogP contribution in [0.25, 0.3) is 0 Å². The van der Waals surface area contributed by atoms with Crippen LogP contribution in [0, 0.1) is 5.92 Å². The highest BCUT2D eigenvalue weighted by molar-refractivity contribution is 6.01. The van der Waals surface area contributed by atoms with Gasteiger partial charge in [-0.3, -0.25) is 4.79 Å². The Balaban J connectivity index is 1.93. The van der Waals surface area contributed by atoms with Gasteiger partial charge in [0.1, 0.15) is 0 Å². The maximum atomic E-state index is 13.3. The van der Waals surface area contributed by atoms with Crippen LogP contribution in [0.2, 0.25) is 0 Å². The Morgan fingerprint density at radius 3 is 2.62 bits per heavy atom. The smallest absolute Gasteiger partial charge is 0.362 e. The van der Waals surface area contributed by atoms with Gasteiger partial charge >= 0.3 is 6.18 Å². The molecule has 136 valence electrons. The molecule has 2 aliphatic heterocycles. The van der Waals surface area contributed by atoms with Crippen LogP contribution in [0.5, 0.6) is 0 Å². The van der Waals surface area contributed by atoms with E-state index in [4.69, 9.17) is 0 Å². The maximum Gasteiger partial charge on any atom is 0.392 e. The normalized spacial score (nSPS) is 30.6. The van der Waals surface area contributed by atoms with Crippen molar-refractivity contribution in [2.24, 2.45) is 16.1 Å². The highest BCUT2D eigenvalue weighted by atomic mass is 19.4. The largest absolute Gasteiger partial charge is 0.392 e. The maximum absolute atomic E-state index is 13.3. The van der Waals surface area contributed by atoms with Crippen molar-refractivity contribution in [1.82, 2.24) is 5.32 Å². The van der Waals surface area contributed by atoms with Gasteiger partial charge in [-0.2, -0.15) is 23.4 Å². The van der Waals surface area contributed by atoms with E-state index in [0.717, 1.165) is 11.1 Å². The number of rotatable bonds is 2. The number of benzene rings is 1. The topological polar surface area (TPSA) is 53.8 Å². The summed E-state index contributed by atoms with van der Waals surface area (Å²) < 4.78 is 39.8. The van der Waals surface area contributed by atoms with Gasteiger partial charge in [0.2, 0.25) is 0 Å². The van der Waals surface area contributed by atoms with Crippen LogP contribution in [0.15, 0.2) is 63.6 Å². The summed E-state index contributed by atoms with van der Waals surface area (Å²) in [7, 11) is 0. The molecule has 0 spiro atoms. The minimum Gasteiger partial charge on any atom is -0.362 e. The third kappa shape index (κ3) is 2.33. The van der Waals surface area contributed by atoms with E-state index in [1.54, 1.807) is 6.20 Å². The van der Waals surface area contributed by atoms with Crippen LogP contribution in [0.3, 0.4) is 0 Å². The number of nitrogens with zero attached hydrogens (tertiary/aromatic N) is 2. The molecule has 0 aromatic heterocycles. The van der Waals surface area contributed by atoms with Crippen LogP contribution >= 0.6 is 0 Å². The van der Waals surface area contributed by atoms with Crippen LogP contribution < -0.4 is 5.32 Å². The number of azo groups is 1. The van der Waals surface area contributed by atoms with E-state index in [0.29, 0.717) is 17.7 Å². The summed E-state index contributed by atoms with van der Waals surface area (Å²) in [5, 5.41) is 11.2. The Labute approximate surface area is 148 Å². The average Bonchev–Trinajstić information content (AvgIpc) is 3.08. The molecule has 4 nitrogen and oxygen atoms in total. The lowest BCUT2D eigenvalue weighted by Gasteiger charge is -2.46. The summed E-state index contributed by atoms with van der Waals surface area (Å²) in [5.41, 5.74) is 1.73. The van der Waals surface area contributed by atoms with E-state index in [1.807, 2.05) is 37.3 Å². The zero-order valence-corrected chi connectivity index (χ0v) is 14.2. The summed E-state index contributed by atoms with van der Waals surface area (Å²) in [6, 6.07) is 9.46. The average molecular weight is 361 g/mol. The zero-order valence-electron chi connectivity index (χ0n) is 14.2. The molecule has 0 bridgehead atoms. The fraction of sp³-hybridized carbons (Fsp3) is 0.421. The first-order valence-electron chi connectivity index (χ1n) is 8.64. The van der Waals surface area contributed by atoms with Crippen molar-refractivity contribution in [2.75, 3.05) is 0 Å². The van der Waals surface area contributed by atoms with Gasteiger partial charge < -0.3 is 5.32 Å². The van der Waals surface area contributed by atoms with Crippen molar-refractivity contribution in [3.63, 3.8) is 0 Å². The van der Waals surface area contributed by atoms with Gasteiger partial charge in [0.05, 0.1) is 17.5 Å². The number of carbonyl (C=O) groups is 1. The first kappa shape index (κ1) is 17.0. The second kappa shape index (κ2) is 5.79. The van der Waals surface area contributed by atoms with Gasteiger partial charge in [0, 0.05) is 23.3 Å². The van der Waals surface area contributed by atoms with E-state index in [-0.39, 0.29) is 6.42 Å². The molecule has 1 unspecified atom stereocenters.